The van der Waals surface area contributed by atoms with Gasteiger partial charge in [0, 0.05) is 37.5 Å². The second-order valence-electron chi connectivity index (χ2n) is 6.64. The molecule has 0 radical (unpaired) electrons. The van der Waals surface area contributed by atoms with Crippen LogP contribution in [0.15, 0.2) is 36.0 Å². The summed E-state index contributed by atoms with van der Waals surface area (Å²) in [6, 6.07) is 8.81. The molecule has 1 aromatic rings. The Bertz CT molecular complexity index is 500. The van der Waals surface area contributed by atoms with Crippen LogP contribution in [0.25, 0.3) is 0 Å². The first-order chi connectivity index (χ1) is 11.3. The minimum atomic E-state index is 0.578. The topological polar surface area (TPSA) is 36.5 Å². The predicted molar refractivity (Wildman–Crippen MR) is 95.9 cm³/mol. The van der Waals surface area contributed by atoms with E-state index < -0.39 is 0 Å². The van der Waals surface area contributed by atoms with Crippen LogP contribution in [0.5, 0.6) is 0 Å². The van der Waals surface area contributed by atoms with Crippen LogP contribution in [0.1, 0.15) is 30.7 Å². The van der Waals surface area contributed by atoms with Crippen molar-refractivity contribution in [2.75, 3.05) is 51.8 Å². The Balaban J connectivity index is 1.57. The Morgan fingerprint density at radius 3 is 2.70 bits per heavy atom. The molecule has 2 aliphatic heterocycles. The summed E-state index contributed by atoms with van der Waals surface area (Å²) in [5.74, 6) is 0.578. The molecule has 1 unspecified atom stereocenters. The third-order valence-electron chi connectivity index (χ3n) is 4.78. The number of hydrogen-bond donors (Lipinski definition) is 2. The van der Waals surface area contributed by atoms with Gasteiger partial charge in [-0.1, -0.05) is 12.1 Å². The van der Waals surface area contributed by atoms with Gasteiger partial charge < -0.3 is 15.4 Å². The molecule has 1 aromatic carbocycles. The van der Waals surface area contributed by atoms with E-state index in [0.717, 1.165) is 38.4 Å². The highest BCUT2D eigenvalue weighted by Gasteiger charge is 2.17. The molecule has 0 spiro atoms. The first-order valence-electron chi connectivity index (χ1n) is 8.84. The maximum atomic E-state index is 5.47. The van der Waals surface area contributed by atoms with E-state index in [1.165, 1.54) is 37.1 Å². The molecule has 2 heterocycles. The van der Waals surface area contributed by atoms with Crippen molar-refractivity contribution < 1.29 is 4.74 Å². The highest BCUT2D eigenvalue weighted by molar-refractivity contribution is 5.48. The van der Waals surface area contributed by atoms with Crippen molar-refractivity contribution in [3.05, 3.63) is 41.6 Å². The van der Waals surface area contributed by atoms with E-state index in [2.05, 4.69) is 46.0 Å². The normalized spacial score (nSPS) is 22.7. The molecule has 0 aromatic heterocycles. The number of nitrogens with one attached hydrogen (secondary N) is 2. The maximum Gasteiger partial charge on any atom is 0.0535 e. The standard InChI is InChI=1S/C19H29N3O/c1-20-12-16(14-22-9-2-3-10-22)13-21-19-6-4-17(5-7-19)18-8-11-23-15-18/h4-7,13,18,20-21H,2-3,8-12,14-15H2,1H3/b16-13+. The second kappa shape index (κ2) is 8.48. The van der Waals surface area contributed by atoms with Gasteiger partial charge in [-0.15, -0.1) is 0 Å². The van der Waals surface area contributed by atoms with Gasteiger partial charge in [-0.2, -0.15) is 0 Å². The highest BCUT2D eigenvalue weighted by atomic mass is 16.5. The van der Waals surface area contributed by atoms with E-state index in [0.29, 0.717) is 5.92 Å². The summed E-state index contributed by atoms with van der Waals surface area (Å²) >= 11 is 0. The fourth-order valence-corrected chi connectivity index (χ4v) is 3.44. The Labute approximate surface area is 139 Å². The summed E-state index contributed by atoms with van der Waals surface area (Å²) in [5.41, 5.74) is 3.95. The molecule has 4 heteroatoms. The van der Waals surface area contributed by atoms with Gasteiger partial charge in [-0.05, 0) is 62.7 Å². The number of anilines is 1. The van der Waals surface area contributed by atoms with Crippen LogP contribution in [-0.2, 0) is 4.74 Å². The van der Waals surface area contributed by atoms with E-state index >= 15 is 0 Å². The molecule has 2 aliphatic rings. The minimum Gasteiger partial charge on any atom is -0.381 e. The maximum absolute atomic E-state index is 5.47. The Hall–Kier alpha value is -1.36. The molecule has 4 nitrogen and oxygen atoms in total. The molecule has 1 atom stereocenters. The number of hydrogen-bond acceptors (Lipinski definition) is 4. The van der Waals surface area contributed by atoms with Crippen LogP contribution in [0.3, 0.4) is 0 Å². The zero-order valence-corrected chi connectivity index (χ0v) is 14.2. The summed E-state index contributed by atoms with van der Waals surface area (Å²) in [5, 5.41) is 6.74. The lowest BCUT2D eigenvalue weighted by atomic mass is 9.98. The van der Waals surface area contributed by atoms with Gasteiger partial charge in [-0.25, -0.2) is 0 Å². The van der Waals surface area contributed by atoms with Gasteiger partial charge in [0.05, 0.1) is 6.61 Å². The molecule has 0 amide bonds. The van der Waals surface area contributed by atoms with E-state index in [1.54, 1.807) is 0 Å². The Kier molecular flexibility index (Phi) is 6.08. The molecule has 3 rings (SSSR count). The molecule has 23 heavy (non-hydrogen) atoms. The van der Waals surface area contributed by atoms with E-state index in [-0.39, 0.29) is 0 Å². The molecule has 0 bridgehead atoms. The van der Waals surface area contributed by atoms with Gasteiger partial charge in [-0.3, -0.25) is 4.90 Å². The first-order valence-corrected chi connectivity index (χ1v) is 8.84. The summed E-state index contributed by atoms with van der Waals surface area (Å²) < 4.78 is 5.47. The monoisotopic (exact) mass is 315 g/mol. The lowest BCUT2D eigenvalue weighted by Crippen LogP contribution is -2.26. The summed E-state index contributed by atoms with van der Waals surface area (Å²) in [4.78, 5) is 2.54. The van der Waals surface area contributed by atoms with Crippen LogP contribution in [0, 0.1) is 0 Å². The largest absolute Gasteiger partial charge is 0.381 e. The molecule has 2 saturated heterocycles. The number of nitrogens with zero attached hydrogens (tertiary/aromatic N) is 1. The van der Waals surface area contributed by atoms with E-state index in [9.17, 15) is 0 Å². The van der Waals surface area contributed by atoms with Crippen molar-refractivity contribution in [3.8, 4) is 0 Å². The zero-order valence-electron chi connectivity index (χ0n) is 14.2. The highest BCUT2D eigenvalue weighted by Crippen LogP contribution is 2.26. The second-order valence-corrected chi connectivity index (χ2v) is 6.64. The molecule has 126 valence electrons. The van der Waals surface area contributed by atoms with Crippen molar-refractivity contribution in [3.63, 3.8) is 0 Å². The number of likely N-dealkylation sites (N-methyl/N-ethyl adjacent to an activating group) is 1. The Morgan fingerprint density at radius 2 is 2.04 bits per heavy atom. The Morgan fingerprint density at radius 1 is 1.26 bits per heavy atom. The van der Waals surface area contributed by atoms with Crippen LogP contribution in [0.2, 0.25) is 0 Å². The van der Waals surface area contributed by atoms with E-state index in [1.807, 2.05) is 7.05 Å². The van der Waals surface area contributed by atoms with Crippen molar-refractivity contribution in [1.82, 2.24) is 10.2 Å². The first kappa shape index (κ1) is 16.5. The van der Waals surface area contributed by atoms with Crippen molar-refractivity contribution in [2.24, 2.45) is 0 Å². The summed E-state index contributed by atoms with van der Waals surface area (Å²) in [6.45, 7) is 6.23. The zero-order chi connectivity index (χ0) is 15.9. The van der Waals surface area contributed by atoms with Gasteiger partial charge >= 0.3 is 0 Å². The number of ether oxygens (including phenoxy) is 1. The number of benzene rings is 1. The molecule has 0 saturated carbocycles. The predicted octanol–water partition coefficient (Wildman–Crippen LogP) is 2.80. The third kappa shape index (κ3) is 4.80. The fraction of sp³-hybridized carbons (Fsp3) is 0.579. The molecule has 0 aliphatic carbocycles. The van der Waals surface area contributed by atoms with Crippen LogP contribution >= 0.6 is 0 Å². The van der Waals surface area contributed by atoms with Crippen LogP contribution in [0.4, 0.5) is 5.69 Å². The molecular formula is C19H29N3O. The average Bonchev–Trinajstić information content (AvgIpc) is 3.27. The fourth-order valence-electron chi connectivity index (χ4n) is 3.44. The van der Waals surface area contributed by atoms with Crippen LogP contribution in [-0.4, -0.2) is 51.3 Å². The van der Waals surface area contributed by atoms with E-state index in [4.69, 9.17) is 4.74 Å². The number of rotatable bonds is 7. The number of likely N-dealkylation sites (tertiary alicyclic amines) is 1. The van der Waals surface area contributed by atoms with Gasteiger partial charge in [0.25, 0.3) is 0 Å². The van der Waals surface area contributed by atoms with Crippen molar-refractivity contribution >= 4 is 5.69 Å². The lowest BCUT2D eigenvalue weighted by Gasteiger charge is -2.17. The smallest absolute Gasteiger partial charge is 0.0535 e. The molecule has 2 fully saturated rings. The van der Waals surface area contributed by atoms with Crippen molar-refractivity contribution in [1.29, 1.82) is 0 Å². The quantitative estimate of drug-likeness (QED) is 0.811. The summed E-state index contributed by atoms with van der Waals surface area (Å²) in [7, 11) is 2.01. The van der Waals surface area contributed by atoms with Crippen molar-refractivity contribution in [2.45, 2.75) is 25.2 Å². The van der Waals surface area contributed by atoms with Gasteiger partial charge in [0.1, 0.15) is 0 Å². The molecule has 2 N–H and O–H groups in total. The average molecular weight is 315 g/mol. The van der Waals surface area contributed by atoms with Crippen LogP contribution < -0.4 is 10.6 Å². The SMILES string of the molecule is CNC/C(=C\Nc1ccc(C2CCOC2)cc1)CN1CCCC1. The lowest BCUT2D eigenvalue weighted by molar-refractivity contribution is 0.194. The third-order valence-corrected chi connectivity index (χ3v) is 4.78. The van der Waals surface area contributed by atoms with Gasteiger partial charge in [0.2, 0.25) is 0 Å². The summed E-state index contributed by atoms with van der Waals surface area (Å²) in [6.07, 6.45) is 6.00. The minimum absolute atomic E-state index is 0.578. The van der Waals surface area contributed by atoms with Gasteiger partial charge in [0.15, 0.2) is 0 Å². The molecular weight excluding hydrogens is 286 g/mol.